The second-order valence-electron chi connectivity index (χ2n) is 8.89. The van der Waals surface area contributed by atoms with Crippen LogP contribution in [-0.2, 0) is 4.79 Å². The summed E-state index contributed by atoms with van der Waals surface area (Å²) in [5.74, 6) is 2.13. The predicted molar refractivity (Wildman–Crippen MR) is 113 cm³/mol. The minimum atomic E-state index is 0.276. The number of carbonyl (C=O) groups is 1. The second kappa shape index (κ2) is 8.29. The first kappa shape index (κ1) is 19.5. The van der Waals surface area contributed by atoms with Crippen LogP contribution in [0, 0.1) is 18.8 Å². The Labute approximate surface area is 171 Å². The fourth-order valence-corrected chi connectivity index (χ4v) is 5.48. The lowest BCUT2D eigenvalue weighted by Gasteiger charge is -2.35. The molecule has 0 bridgehead atoms. The number of aryl methyl sites for hydroxylation is 1. The van der Waals surface area contributed by atoms with Gasteiger partial charge in [0.05, 0.1) is 12.2 Å². The highest BCUT2D eigenvalue weighted by Crippen LogP contribution is 2.39. The maximum absolute atomic E-state index is 13.0. The van der Waals surface area contributed by atoms with Crippen molar-refractivity contribution in [3.8, 4) is 0 Å². The van der Waals surface area contributed by atoms with E-state index in [-0.39, 0.29) is 5.91 Å². The Morgan fingerprint density at radius 1 is 1.07 bits per heavy atom. The van der Waals surface area contributed by atoms with Crippen LogP contribution in [0.3, 0.4) is 0 Å². The van der Waals surface area contributed by atoms with Crippen LogP contribution in [0.15, 0.2) is 29.6 Å². The number of hydrogen-bond acceptors (Lipinski definition) is 5. The molecule has 1 aromatic heterocycles. The van der Waals surface area contributed by atoms with Gasteiger partial charge >= 0.3 is 0 Å². The molecule has 0 N–H and O–H groups in total. The van der Waals surface area contributed by atoms with Gasteiger partial charge in [0.1, 0.15) is 0 Å². The molecule has 3 heterocycles. The van der Waals surface area contributed by atoms with Gasteiger partial charge in [-0.15, -0.1) is 5.10 Å². The summed E-state index contributed by atoms with van der Waals surface area (Å²) in [7, 11) is 0. The molecule has 28 heavy (non-hydrogen) atoms. The molecule has 2 fully saturated rings. The molecule has 2 aliphatic rings. The van der Waals surface area contributed by atoms with Gasteiger partial charge in [-0.05, 0) is 42.3 Å². The lowest BCUT2D eigenvalue weighted by molar-refractivity contribution is -0.134. The highest BCUT2D eigenvalue weighted by molar-refractivity contribution is 7.03. The summed E-state index contributed by atoms with van der Waals surface area (Å²) in [5.41, 5.74) is 3.67. The standard InChI is InChI=1S/C22H30N4OS/c1-15-4-6-18(7-5-15)19-11-25(12-20(19)21-14-28-24-23-21)13-22(27)26-9-16(2)8-17(3)10-26/h4-7,14,16-17,19-20H,8-13H2,1-3H3/t16-,17-,19+,20-/m1/s1. The van der Waals surface area contributed by atoms with Crippen LogP contribution in [0.25, 0.3) is 0 Å². The van der Waals surface area contributed by atoms with Crippen molar-refractivity contribution in [1.82, 2.24) is 19.4 Å². The van der Waals surface area contributed by atoms with Crippen LogP contribution in [0.5, 0.6) is 0 Å². The molecule has 5 nitrogen and oxygen atoms in total. The van der Waals surface area contributed by atoms with E-state index in [9.17, 15) is 4.79 Å². The van der Waals surface area contributed by atoms with Crippen molar-refractivity contribution in [1.29, 1.82) is 0 Å². The van der Waals surface area contributed by atoms with Crippen molar-refractivity contribution in [2.45, 2.75) is 39.0 Å². The molecule has 150 valence electrons. The smallest absolute Gasteiger partial charge is 0.236 e. The van der Waals surface area contributed by atoms with E-state index in [0.29, 0.717) is 30.2 Å². The lowest BCUT2D eigenvalue weighted by Crippen LogP contribution is -2.46. The predicted octanol–water partition coefficient (Wildman–Crippen LogP) is 3.53. The van der Waals surface area contributed by atoms with Gasteiger partial charge in [-0.2, -0.15) is 0 Å². The maximum Gasteiger partial charge on any atom is 0.236 e. The van der Waals surface area contributed by atoms with Crippen LogP contribution < -0.4 is 0 Å². The minimum Gasteiger partial charge on any atom is -0.341 e. The van der Waals surface area contributed by atoms with Gasteiger partial charge in [0, 0.05) is 43.4 Å². The molecule has 0 aliphatic carbocycles. The molecule has 2 aromatic rings. The highest BCUT2D eigenvalue weighted by atomic mass is 32.1. The zero-order valence-electron chi connectivity index (χ0n) is 17.0. The summed E-state index contributed by atoms with van der Waals surface area (Å²) >= 11 is 1.41. The Hall–Kier alpha value is -1.79. The van der Waals surface area contributed by atoms with Crippen LogP contribution in [0.2, 0.25) is 0 Å². The Kier molecular flexibility index (Phi) is 5.78. The number of likely N-dealkylation sites (tertiary alicyclic amines) is 2. The highest BCUT2D eigenvalue weighted by Gasteiger charge is 2.38. The van der Waals surface area contributed by atoms with E-state index in [2.05, 4.69) is 69.8 Å². The molecular weight excluding hydrogens is 368 g/mol. The van der Waals surface area contributed by atoms with Crippen molar-refractivity contribution < 1.29 is 4.79 Å². The SMILES string of the molecule is Cc1ccc([C@@H]2CN(CC(=O)N3C[C@H](C)C[C@@H](C)C3)C[C@H]2c2csnn2)cc1. The van der Waals surface area contributed by atoms with E-state index in [1.54, 1.807) is 0 Å². The molecule has 0 radical (unpaired) electrons. The van der Waals surface area contributed by atoms with Gasteiger partial charge in [0.25, 0.3) is 0 Å². The molecule has 2 aliphatic heterocycles. The monoisotopic (exact) mass is 398 g/mol. The molecule has 6 heteroatoms. The zero-order chi connectivity index (χ0) is 19.7. The average molecular weight is 399 g/mol. The Morgan fingerprint density at radius 3 is 2.39 bits per heavy atom. The number of nitrogens with zero attached hydrogens (tertiary/aromatic N) is 4. The van der Waals surface area contributed by atoms with Crippen molar-refractivity contribution in [3.63, 3.8) is 0 Å². The summed E-state index contributed by atoms with van der Waals surface area (Å²) < 4.78 is 4.08. The van der Waals surface area contributed by atoms with Crippen LogP contribution in [-0.4, -0.2) is 58.0 Å². The van der Waals surface area contributed by atoms with Crippen LogP contribution >= 0.6 is 11.5 Å². The topological polar surface area (TPSA) is 49.3 Å². The van der Waals surface area contributed by atoms with E-state index < -0.39 is 0 Å². The number of rotatable bonds is 4. The molecule has 0 unspecified atom stereocenters. The largest absolute Gasteiger partial charge is 0.341 e. The average Bonchev–Trinajstić information content (AvgIpc) is 3.31. The number of benzene rings is 1. The van der Waals surface area contributed by atoms with Gasteiger partial charge in [-0.3, -0.25) is 9.69 Å². The van der Waals surface area contributed by atoms with E-state index in [1.165, 1.54) is 29.1 Å². The van der Waals surface area contributed by atoms with Crippen molar-refractivity contribution in [2.24, 2.45) is 11.8 Å². The first-order chi connectivity index (χ1) is 13.5. The van der Waals surface area contributed by atoms with Gasteiger partial charge < -0.3 is 4.90 Å². The zero-order valence-corrected chi connectivity index (χ0v) is 17.9. The molecule has 1 amide bonds. The van der Waals surface area contributed by atoms with Crippen LogP contribution in [0.4, 0.5) is 0 Å². The molecule has 4 rings (SSSR count). The van der Waals surface area contributed by atoms with Crippen LogP contribution in [0.1, 0.15) is 48.9 Å². The lowest BCUT2D eigenvalue weighted by atomic mass is 9.87. The summed E-state index contributed by atoms with van der Waals surface area (Å²) in [6, 6.07) is 8.81. The van der Waals surface area contributed by atoms with Gasteiger partial charge in [0.2, 0.25) is 5.91 Å². The molecule has 4 atom stereocenters. The van der Waals surface area contributed by atoms with Crippen molar-refractivity contribution in [2.75, 3.05) is 32.7 Å². The molecule has 0 saturated carbocycles. The van der Waals surface area contributed by atoms with E-state index in [0.717, 1.165) is 31.9 Å². The second-order valence-corrected chi connectivity index (χ2v) is 9.50. The fourth-order valence-electron chi connectivity index (χ4n) is 4.96. The molecule has 1 aromatic carbocycles. The van der Waals surface area contributed by atoms with Crippen molar-refractivity contribution in [3.05, 3.63) is 46.5 Å². The quantitative estimate of drug-likeness (QED) is 0.790. The number of amides is 1. The van der Waals surface area contributed by atoms with Gasteiger partial charge in [-0.1, -0.05) is 48.2 Å². The number of aromatic nitrogens is 2. The first-order valence-electron chi connectivity index (χ1n) is 10.3. The fraction of sp³-hybridized carbons (Fsp3) is 0.591. The number of piperidine rings is 1. The third kappa shape index (κ3) is 4.28. The van der Waals surface area contributed by atoms with Gasteiger partial charge in [-0.25, -0.2) is 0 Å². The normalized spacial score (nSPS) is 28.6. The molecule has 0 spiro atoms. The Bertz CT molecular complexity index is 781. The first-order valence-corrected chi connectivity index (χ1v) is 11.2. The number of carbonyl (C=O) groups excluding carboxylic acids is 1. The summed E-state index contributed by atoms with van der Waals surface area (Å²) in [4.78, 5) is 17.4. The molecular formula is C22H30N4OS. The summed E-state index contributed by atoms with van der Waals surface area (Å²) in [6.07, 6.45) is 1.22. The van der Waals surface area contributed by atoms with Gasteiger partial charge in [0.15, 0.2) is 0 Å². The van der Waals surface area contributed by atoms with Crippen molar-refractivity contribution >= 4 is 17.4 Å². The summed E-state index contributed by atoms with van der Waals surface area (Å²) in [6.45, 7) is 10.7. The van der Waals surface area contributed by atoms with E-state index in [4.69, 9.17) is 0 Å². The maximum atomic E-state index is 13.0. The van der Waals surface area contributed by atoms with E-state index >= 15 is 0 Å². The minimum absolute atomic E-state index is 0.276. The molecule has 2 saturated heterocycles. The Balaban J connectivity index is 1.48. The summed E-state index contributed by atoms with van der Waals surface area (Å²) in [5, 5.41) is 6.42. The Morgan fingerprint density at radius 2 is 1.75 bits per heavy atom. The third-order valence-corrected chi connectivity index (χ3v) is 6.76. The third-order valence-electron chi connectivity index (χ3n) is 6.24. The number of hydrogen-bond donors (Lipinski definition) is 0. The van der Waals surface area contributed by atoms with E-state index in [1.807, 2.05) is 0 Å².